The second-order valence-electron chi connectivity index (χ2n) is 4.83. The van der Waals surface area contributed by atoms with Gasteiger partial charge < -0.3 is 9.64 Å². The predicted molar refractivity (Wildman–Crippen MR) is 92.5 cm³/mol. The molecule has 0 aliphatic rings. The van der Waals surface area contributed by atoms with Gasteiger partial charge in [0.25, 0.3) is 0 Å². The van der Waals surface area contributed by atoms with Crippen LogP contribution >= 0.6 is 11.8 Å². The van der Waals surface area contributed by atoms with E-state index >= 15 is 0 Å². The fraction of sp³-hybridized carbons (Fsp3) is 0.412. The maximum absolute atomic E-state index is 5.37. The van der Waals surface area contributed by atoms with Crippen molar-refractivity contribution in [2.24, 2.45) is 0 Å². The lowest BCUT2D eigenvalue weighted by Crippen LogP contribution is -2.25. The smallest absolute Gasteiger partial charge is 0.128 e. The Morgan fingerprint density at radius 3 is 2.45 bits per heavy atom. The molecule has 0 aliphatic heterocycles. The van der Waals surface area contributed by atoms with Gasteiger partial charge in [-0.2, -0.15) is 0 Å². The summed E-state index contributed by atoms with van der Waals surface area (Å²) in [6, 6.07) is 11.9. The topological polar surface area (TPSA) is 38.2 Å². The molecule has 0 aliphatic carbocycles. The summed E-state index contributed by atoms with van der Waals surface area (Å²) in [6.45, 7) is 7.64. The van der Waals surface area contributed by atoms with E-state index in [0.29, 0.717) is 0 Å². The van der Waals surface area contributed by atoms with Gasteiger partial charge in [-0.05, 0) is 37.4 Å². The Labute approximate surface area is 136 Å². The Morgan fingerprint density at radius 2 is 1.82 bits per heavy atom. The van der Waals surface area contributed by atoms with E-state index in [0.717, 1.165) is 47.4 Å². The van der Waals surface area contributed by atoms with Gasteiger partial charge in [0.1, 0.15) is 10.8 Å². The Kier molecular flexibility index (Phi) is 6.68. The number of methoxy groups -OCH3 is 1. The summed E-state index contributed by atoms with van der Waals surface area (Å²) >= 11 is 1.75. The third kappa shape index (κ3) is 4.45. The molecule has 0 radical (unpaired) electrons. The molecule has 4 nitrogen and oxygen atoms in total. The number of hydrogen-bond donors (Lipinski definition) is 0. The van der Waals surface area contributed by atoms with Crippen LogP contribution in [0.3, 0.4) is 0 Å². The van der Waals surface area contributed by atoms with Gasteiger partial charge in [0, 0.05) is 17.9 Å². The van der Waals surface area contributed by atoms with Crippen molar-refractivity contribution >= 4 is 11.8 Å². The van der Waals surface area contributed by atoms with Gasteiger partial charge in [-0.25, -0.2) is 0 Å². The summed E-state index contributed by atoms with van der Waals surface area (Å²) in [6.07, 6.45) is 0. The Morgan fingerprint density at radius 1 is 1.05 bits per heavy atom. The molecule has 118 valence electrons. The number of hydrogen-bond acceptors (Lipinski definition) is 5. The molecule has 0 saturated carbocycles. The number of benzene rings is 1. The van der Waals surface area contributed by atoms with Crippen molar-refractivity contribution in [3.63, 3.8) is 0 Å². The van der Waals surface area contributed by atoms with Crippen LogP contribution < -0.4 is 4.74 Å². The van der Waals surface area contributed by atoms with Crippen molar-refractivity contribution in [1.82, 2.24) is 15.1 Å². The van der Waals surface area contributed by atoms with Crippen LogP contribution in [0.15, 0.2) is 41.4 Å². The van der Waals surface area contributed by atoms with Crippen molar-refractivity contribution in [3.05, 3.63) is 36.4 Å². The van der Waals surface area contributed by atoms with Gasteiger partial charge in [0.05, 0.1) is 12.8 Å². The van der Waals surface area contributed by atoms with Gasteiger partial charge in [0.15, 0.2) is 0 Å². The number of rotatable bonds is 8. The highest BCUT2D eigenvalue weighted by Gasteiger charge is 2.07. The summed E-state index contributed by atoms with van der Waals surface area (Å²) in [5, 5.41) is 9.61. The summed E-state index contributed by atoms with van der Waals surface area (Å²) in [7, 11) is 1.67. The van der Waals surface area contributed by atoms with Crippen LogP contribution in [-0.4, -0.2) is 47.6 Å². The monoisotopic (exact) mass is 317 g/mol. The first-order valence-electron chi connectivity index (χ1n) is 7.60. The third-order valence-corrected chi connectivity index (χ3v) is 4.48. The van der Waals surface area contributed by atoms with Gasteiger partial charge in [-0.1, -0.05) is 26.0 Å². The molecule has 2 aromatic rings. The van der Waals surface area contributed by atoms with Crippen LogP contribution in [-0.2, 0) is 0 Å². The molecule has 22 heavy (non-hydrogen) atoms. The zero-order valence-electron chi connectivity index (χ0n) is 13.5. The molecule has 1 aromatic heterocycles. The largest absolute Gasteiger partial charge is 0.496 e. The van der Waals surface area contributed by atoms with Gasteiger partial charge in [0.2, 0.25) is 0 Å². The maximum atomic E-state index is 5.37. The summed E-state index contributed by atoms with van der Waals surface area (Å²) in [4.78, 5) is 2.41. The van der Waals surface area contributed by atoms with E-state index in [-0.39, 0.29) is 0 Å². The second kappa shape index (κ2) is 8.76. The number of thioether (sulfide) groups is 1. The molecule has 0 bridgehead atoms. The van der Waals surface area contributed by atoms with E-state index in [1.54, 1.807) is 18.9 Å². The van der Waals surface area contributed by atoms with E-state index < -0.39 is 0 Å². The van der Waals surface area contributed by atoms with Crippen LogP contribution in [0.4, 0.5) is 0 Å². The number of aromatic nitrogens is 2. The lowest BCUT2D eigenvalue weighted by Gasteiger charge is -2.16. The van der Waals surface area contributed by atoms with Crippen molar-refractivity contribution in [2.45, 2.75) is 18.9 Å². The normalized spacial score (nSPS) is 10.9. The summed E-state index contributed by atoms with van der Waals surface area (Å²) in [5.41, 5.74) is 1.81. The molecule has 0 amide bonds. The van der Waals surface area contributed by atoms with Gasteiger partial charge >= 0.3 is 0 Å². The SMILES string of the molecule is CCN(CC)CCSc1ccc(-c2ccccc2OC)nn1. The number of nitrogens with zero attached hydrogens (tertiary/aromatic N) is 3. The minimum absolute atomic E-state index is 0.818. The minimum atomic E-state index is 0.818. The van der Waals surface area contributed by atoms with Gasteiger partial charge in [-0.15, -0.1) is 22.0 Å². The highest BCUT2D eigenvalue weighted by molar-refractivity contribution is 7.99. The molecule has 5 heteroatoms. The van der Waals surface area contributed by atoms with Crippen LogP contribution in [0.25, 0.3) is 11.3 Å². The first kappa shape index (κ1) is 16.8. The molecule has 0 fully saturated rings. The lowest BCUT2D eigenvalue weighted by molar-refractivity contribution is 0.324. The number of para-hydroxylation sites is 1. The third-order valence-electron chi connectivity index (χ3n) is 3.57. The zero-order valence-corrected chi connectivity index (χ0v) is 14.3. The molecule has 0 unspecified atom stereocenters. The van der Waals surface area contributed by atoms with Crippen molar-refractivity contribution < 1.29 is 4.74 Å². The molecule has 0 saturated heterocycles. The van der Waals surface area contributed by atoms with E-state index in [1.165, 1.54) is 0 Å². The number of ether oxygens (including phenoxy) is 1. The molecule has 0 atom stereocenters. The fourth-order valence-electron chi connectivity index (χ4n) is 2.22. The van der Waals surface area contributed by atoms with Crippen LogP contribution in [0.5, 0.6) is 5.75 Å². The Bertz CT molecular complexity index is 570. The molecule has 1 heterocycles. The molecular formula is C17H23N3OS. The van der Waals surface area contributed by atoms with Crippen LogP contribution in [0.2, 0.25) is 0 Å². The second-order valence-corrected chi connectivity index (χ2v) is 5.95. The molecule has 0 spiro atoms. The van der Waals surface area contributed by atoms with E-state index in [1.807, 2.05) is 36.4 Å². The van der Waals surface area contributed by atoms with E-state index in [9.17, 15) is 0 Å². The highest BCUT2D eigenvalue weighted by Crippen LogP contribution is 2.28. The minimum Gasteiger partial charge on any atom is -0.496 e. The maximum Gasteiger partial charge on any atom is 0.128 e. The van der Waals surface area contributed by atoms with E-state index in [2.05, 4.69) is 28.9 Å². The lowest BCUT2D eigenvalue weighted by atomic mass is 10.1. The van der Waals surface area contributed by atoms with Crippen LogP contribution in [0, 0.1) is 0 Å². The molecular weight excluding hydrogens is 294 g/mol. The van der Waals surface area contributed by atoms with Gasteiger partial charge in [-0.3, -0.25) is 0 Å². The Hall–Kier alpha value is -1.59. The molecule has 2 rings (SSSR count). The quantitative estimate of drug-likeness (QED) is 0.696. The van der Waals surface area contributed by atoms with E-state index in [4.69, 9.17) is 4.74 Å². The van der Waals surface area contributed by atoms with Crippen molar-refractivity contribution in [1.29, 1.82) is 0 Å². The van der Waals surface area contributed by atoms with Crippen molar-refractivity contribution in [3.8, 4) is 17.0 Å². The first-order valence-corrected chi connectivity index (χ1v) is 8.59. The average Bonchev–Trinajstić information content (AvgIpc) is 2.59. The fourth-order valence-corrected chi connectivity index (χ4v) is 3.04. The predicted octanol–water partition coefficient (Wildman–Crippen LogP) is 3.59. The highest BCUT2D eigenvalue weighted by atomic mass is 32.2. The van der Waals surface area contributed by atoms with Crippen molar-refractivity contribution in [2.75, 3.05) is 32.5 Å². The van der Waals surface area contributed by atoms with Crippen LogP contribution in [0.1, 0.15) is 13.8 Å². The summed E-state index contributed by atoms with van der Waals surface area (Å²) in [5.74, 6) is 1.85. The standard InChI is InChI=1S/C17H23N3OS/c1-4-20(5-2)12-13-22-17-11-10-15(18-19-17)14-8-6-7-9-16(14)21-3/h6-11H,4-5,12-13H2,1-3H3. The summed E-state index contributed by atoms with van der Waals surface area (Å²) < 4.78 is 5.37. The molecule has 0 N–H and O–H groups in total. The zero-order chi connectivity index (χ0) is 15.8. The Balaban J connectivity index is 1.98. The average molecular weight is 317 g/mol. The first-order chi connectivity index (χ1) is 10.8. The molecule has 1 aromatic carbocycles.